The Hall–Kier alpha value is -0.280. The molecule has 1 N–H and O–H groups in total. The number of rotatable bonds is 1. The highest BCUT2D eigenvalue weighted by molar-refractivity contribution is 5.85. The van der Waals surface area contributed by atoms with Crippen LogP contribution in [0.25, 0.3) is 0 Å². The molecule has 2 rings (SSSR count). The third-order valence-electron chi connectivity index (χ3n) is 3.91. The van der Waals surface area contributed by atoms with Gasteiger partial charge in [-0.05, 0) is 37.8 Å². The first kappa shape index (κ1) is 13.8. The number of nitrogens with zero attached hydrogens (tertiary/aromatic N) is 1. The van der Waals surface area contributed by atoms with Crippen LogP contribution >= 0.6 is 12.4 Å². The molecule has 16 heavy (non-hydrogen) atoms. The summed E-state index contributed by atoms with van der Waals surface area (Å²) in [4.78, 5) is 14.0. The standard InChI is InChI=1S/C12H22N2O.ClH/c1-10(2)11(15)14-8-5-12(9-14)3-6-13-7-4-12;/h10,13H,3-9H2,1-2H3;1H. The molecule has 1 spiro atoms. The number of nitrogens with one attached hydrogen (secondary N) is 1. The molecular weight excluding hydrogens is 224 g/mol. The van der Waals surface area contributed by atoms with Crippen molar-refractivity contribution in [3.63, 3.8) is 0 Å². The zero-order valence-corrected chi connectivity index (χ0v) is 11.1. The van der Waals surface area contributed by atoms with Gasteiger partial charge >= 0.3 is 0 Å². The van der Waals surface area contributed by atoms with Gasteiger partial charge in [0.25, 0.3) is 0 Å². The molecule has 0 aliphatic carbocycles. The lowest BCUT2D eigenvalue weighted by molar-refractivity contribution is -0.133. The van der Waals surface area contributed by atoms with Gasteiger partial charge in [0.2, 0.25) is 5.91 Å². The van der Waals surface area contributed by atoms with Gasteiger partial charge in [0, 0.05) is 19.0 Å². The molecule has 0 unspecified atom stereocenters. The van der Waals surface area contributed by atoms with Crippen LogP contribution in [-0.4, -0.2) is 37.0 Å². The largest absolute Gasteiger partial charge is 0.342 e. The van der Waals surface area contributed by atoms with Crippen LogP contribution in [0.4, 0.5) is 0 Å². The van der Waals surface area contributed by atoms with Crippen molar-refractivity contribution in [3.8, 4) is 0 Å². The molecular formula is C12H23ClN2O. The van der Waals surface area contributed by atoms with Crippen LogP contribution in [0.1, 0.15) is 33.1 Å². The average Bonchev–Trinajstić information content (AvgIpc) is 2.62. The lowest BCUT2D eigenvalue weighted by Crippen LogP contribution is -2.40. The van der Waals surface area contributed by atoms with Crippen molar-refractivity contribution in [1.29, 1.82) is 0 Å². The lowest BCUT2D eigenvalue weighted by atomic mass is 9.78. The van der Waals surface area contributed by atoms with E-state index in [0.29, 0.717) is 11.3 Å². The van der Waals surface area contributed by atoms with Crippen molar-refractivity contribution < 1.29 is 4.79 Å². The lowest BCUT2D eigenvalue weighted by Gasteiger charge is -2.33. The number of carbonyl (C=O) groups is 1. The SMILES string of the molecule is CC(C)C(=O)N1CCC2(CCNCC2)C1.Cl. The summed E-state index contributed by atoms with van der Waals surface area (Å²) in [5, 5.41) is 3.40. The van der Waals surface area contributed by atoms with Crippen molar-refractivity contribution in [2.45, 2.75) is 33.1 Å². The van der Waals surface area contributed by atoms with E-state index in [0.717, 1.165) is 26.2 Å². The van der Waals surface area contributed by atoms with Crippen LogP contribution in [0.2, 0.25) is 0 Å². The second-order valence-corrected chi connectivity index (χ2v) is 5.41. The van der Waals surface area contributed by atoms with Crippen LogP contribution < -0.4 is 5.32 Å². The number of amides is 1. The van der Waals surface area contributed by atoms with Gasteiger partial charge in [-0.1, -0.05) is 13.8 Å². The molecule has 0 atom stereocenters. The Morgan fingerprint density at radius 3 is 2.44 bits per heavy atom. The summed E-state index contributed by atoms with van der Waals surface area (Å²) in [5.41, 5.74) is 0.454. The van der Waals surface area contributed by atoms with E-state index in [2.05, 4.69) is 10.2 Å². The van der Waals surface area contributed by atoms with E-state index < -0.39 is 0 Å². The number of halogens is 1. The Morgan fingerprint density at radius 2 is 1.88 bits per heavy atom. The summed E-state index contributed by atoms with van der Waals surface area (Å²) >= 11 is 0. The Bertz CT molecular complexity index is 249. The first-order chi connectivity index (χ1) is 7.13. The molecule has 0 aromatic heterocycles. The van der Waals surface area contributed by atoms with Gasteiger partial charge in [-0.25, -0.2) is 0 Å². The number of carbonyl (C=O) groups excluding carboxylic acids is 1. The maximum absolute atomic E-state index is 11.9. The summed E-state index contributed by atoms with van der Waals surface area (Å²) in [6.07, 6.45) is 3.71. The molecule has 0 saturated carbocycles. The van der Waals surface area contributed by atoms with E-state index in [-0.39, 0.29) is 18.3 Å². The highest BCUT2D eigenvalue weighted by Crippen LogP contribution is 2.38. The van der Waals surface area contributed by atoms with E-state index in [4.69, 9.17) is 0 Å². The van der Waals surface area contributed by atoms with Gasteiger partial charge in [0.1, 0.15) is 0 Å². The van der Waals surface area contributed by atoms with E-state index in [1.54, 1.807) is 0 Å². The smallest absolute Gasteiger partial charge is 0.225 e. The van der Waals surface area contributed by atoms with Crippen LogP contribution in [0.15, 0.2) is 0 Å². The van der Waals surface area contributed by atoms with Crippen LogP contribution in [0, 0.1) is 11.3 Å². The minimum absolute atomic E-state index is 0. The molecule has 2 aliphatic rings. The van der Waals surface area contributed by atoms with E-state index >= 15 is 0 Å². The Balaban J connectivity index is 0.00000128. The van der Waals surface area contributed by atoms with Gasteiger partial charge in [-0.15, -0.1) is 12.4 Å². The molecule has 2 saturated heterocycles. The summed E-state index contributed by atoms with van der Waals surface area (Å²) < 4.78 is 0. The maximum atomic E-state index is 11.9. The van der Waals surface area contributed by atoms with Crippen molar-refractivity contribution in [2.24, 2.45) is 11.3 Å². The van der Waals surface area contributed by atoms with Crippen molar-refractivity contribution >= 4 is 18.3 Å². The fraction of sp³-hybridized carbons (Fsp3) is 0.917. The van der Waals surface area contributed by atoms with E-state index in [9.17, 15) is 4.79 Å². The van der Waals surface area contributed by atoms with Crippen molar-refractivity contribution in [2.75, 3.05) is 26.2 Å². The Morgan fingerprint density at radius 1 is 1.25 bits per heavy atom. The zero-order valence-electron chi connectivity index (χ0n) is 10.3. The van der Waals surface area contributed by atoms with Crippen molar-refractivity contribution in [1.82, 2.24) is 10.2 Å². The predicted octanol–water partition coefficient (Wildman–Crippen LogP) is 1.67. The summed E-state index contributed by atoms with van der Waals surface area (Å²) in [6.45, 7) is 8.24. The number of hydrogen-bond donors (Lipinski definition) is 1. The van der Waals surface area contributed by atoms with E-state index in [1.807, 2.05) is 13.8 Å². The highest BCUT2D eigenvalue weighted by Gasteiger charge is 2.40. The maximum Gasteiger partial charge on any atom is 0.225 e. The summed E-state index contributed by atoms with van der Waals surface area (Å²) in [7, 11) is 0. The van der Waals surface area contributed by atoms with Crippen LogP contribution in [0.3, 0.4) is 0 Å². The van der Waals surface area contributed by atoms with Crippen LogP contribution in [-0.2, 0) is 4.79 Å². The van der Waals surface area contributed by atoms with E-state index in [1.165, 1.54) is 19.3 Å². The minimum atomic E-state index is 0. The van der Waals surface area contributed by atoms with Gasteiger partial charge < -0.3 is 10.2 Å². The highest BCUT2D eigenvalue weighted by atomic mass is 35.5. The predicted molar refractivity (Wildman–Crippen MR) is 67.8 cm³/mol. The third kappa shape index (κ3) is 2.69. The molecule has 2 fully saturated rings. The average molecular weight is 247 g/mol. The fourth-order valence-electron chi connectivity index (χ4n) is 2.85. The summed E-state index contributed by atoms with van der Waals surface area (Å²) in [5.74, 6) is 0.493. The van der Waals surface area contributed by atoms with Gasteiger partial charge in [0.05, 0.1) is 0 Å². The second kappa shape index (κ2) is 5.37. The minimum Gasteiger partial charge on any atom is -0.342 e. The summed E-state index contributed by atoms with van der Waals surface area (Å²) in [6, 6.07) is 0. The molecule has 2 aliphatic heterocycles. The topological polar surface area (TPSA) is 32.3 Å². The molecule has 2 heterocycles. The molecule has 4 heteroatoms. The zero-order chi connectivity index (χ0) is 10.9. The normalized spacial score (nSPS) is 23.6. The van der Waals surface area contributed by atoms with Gasteiger partial charge in [-0.3, -0.25) is 4.79 Å². The molecule has 0 aromatic carbocycles. The fourth-order valence-corrected chi connectivity index (χ4v) is 2.85. The third-order valence-corrected chi connectivity index (χ3v) is 3.91. The number of likely N-dealkylation sites (tertiary alicyclic amines) is 1. The number of hydrogen-bond acceptors (Lipinski definition) is 2. The monoisotopic (exact) mass is 246 g/mol. The first-order valence-corrected chi connectivity index (χ1v) is 6.12. The molecule has 0 bridgehead atoms. The molecule has 1 amide bonds. The van der Waals surface area contributed by atoms with Gasteiger partial charge in [-0.2, -0.15) is 0 Å². The molecule has 0 aromatic rings. The number of piperidine rings is 1. The Labute approximate surface area is 104 Å². The molecule has 94 valence electrons. The Kier molecular flexibility index (Phi) is 4.62. The molecule has 3 nitrogen and oxygen atoms in total. The van der Waals surface area contributed by atoms with Gasteiger partial charge in [0.15, 0.2) is 0 Å². The van der Waals surface area contributed by atoms with Crippen molar-refractivity contribution in [3.05, 3.63) is 0 Å². The quantitative estimate of drug-likeness (QED) is 0.764. The first-order valence-electron chi connectivity index (χ1n) is 6.12. The molecule has 0 radical (unpaired) electrons. The second-order valence-electron chi connectivity index (χ2n) is 5.41. The van der Waals surface area contributed by atoms with Crippen LogP contribution in [0.5, 0.6) is 0 Å².